The van der Waals surface area contributed by atoms with E-state index < -0.39 is 0 Å². The molecule has 0 atom stereocenters. The van der Waals surface area contributed by atoms with Crippen LogP contribution in [0.2, 0.25) is 0 Å². The molecule has 0 amide bonds. The highest BCUT2D eigenvalue weighted by atomic mass is 32.1. The summed E-state index contributed by atoms with van der Waals surface area (Å²) in [6.07, 6.45) is 0.458. The van der Waals surface area contributed by atoms with Crippen LogP contribution in [0.5, 0.6) is 0 Å². The number of nitrogens with one attached hydrogen (secondary N) is 1. The lowest BCUT2D eigenvalue weighted by Crippen LogP contribution is -2.22. The largest absolute Gasteiger partial charge is 0.309 e. The standard InChI is InChI=1S/C17H16N4OS/c1-21(9-5-8-18)10-14-19-16(22)15-13(11-23-17(15)20-14)12-6-3-2-4-7-12/h2-4,6-7,11H,5,9-10H2,1H3,(H,19,20,22). The molecule has 0 aliphatic heterocycles. The molecule has 0 spiro atoms. The summed E-state index contributed by atoms with van der Waals surface area (Å²) >= 11 is 1.48. The molecule has 5 nitrogen and oxygen atoms in total. The maximum atomic E-state index is 12.5. The number of thiophene rings is 1. The average molecular weight is 324 g/mol. The van der Waals surface area contributed by atoms with E-state index in [1.165, 1.54) is 11.3 Å². The molecule has 23 heavy (non-hydrogen) atoms. The van der Waals surface area contributed by atoms with Crippen LogP contribution in [0.15, 0.2) is 40.5 Å². The summed E-state index contributed by atoms with van der Waals surface area (Å²) in [7, 11) is 1.91. The maximum absolute atomic E-state index is 12.5. The van der Waals surface area contributed by atoms with Crippen LogP contribution in [0.1, 0.15) is 12.2 Å². The topological polar surface area (TPSA) is 72.8 Å². The number of nitriles is 1. The van der Waals surface area contributed by atoms with Crippen molar-refractivity contribution in [1.82, 2.24) is 14.9 Å². The summed E-state index contributed by atoms with van der Waals surface area (Å²) in [5.74, 6) is 0.629. The molecule has 0 saturated heterocycles. The molecule has 0 aliphatic carbocycles. The number of nitrogens with zero attached hydrogens (tertiary/aromatic N) is 3. The van der Waals surface area contributed by atoms with E-state index in [1.54, 1.807) is 0 Å². The number of aromatic amines is 1. The average Bonchev–Trinajstić information content (AvgIpc) is 2.98. The summed E-state index contributed by atoms with van der Waals surface area (Å²) in [4.78, 5) is 22.6. The van der Waals surface area contributed by atoms with Gasteiger partial charge in [-0.25, -0.2) is 4.98 Å². The first-order valence-electron chi connectivity index (χ1n) is 7.30. The first kappa shape index (κ1) is 15.4. The van der Waals surface area contributed by atoms with Crippen LogP contribution in [0.3, 0.4) is 0 Å². The van der Waals surface area contributed by atoms with Gasteiger partial charge in [0.05, 0.1) is 18.0 Å². The molecule has 1 N–H and O–H groups in total. The Morgan fingerprint density at radius 3 is 2.87 bits per heavy atom. The van der Waals surface area contributed by atoms with Gasteiger partial charge in [-0.15, -0.1) is 11.3 Å². The molecule has 2 heterocycles. The molecular formula is C17H16N4OS. The fourth-order valence-corrected chi connectivity index (χ4v) is 3.44. The number of hydrogen-bond acceptors (Lipinski definition) is 5. The van der Waals surface area contributed by atoms with Gasteiger partial charge in [0.25, 0.3) is 5.56 Å². The Hall–Kier alpha value is -2.49. The summed E-state index contributed by atoms with van der Waals surface area (Å²) in [5, 5.41) is 11.3. The van der Waals surface area contributed by atoms with Crippen molar-refractivity contribution in [3.8, 4) is 17.2 Å². The predicted molar refractivity (Wildman–Crippen MR) is 92.2 cm³/mol. The number of rotatable bonds is 5. The second-order valence-electron chi connectivity index (χ2n) is 5.35. The van der Waals surface area contributed by atoms with Crippen LogP contribution in [-0.4, -0.2) is 28.5 Å². The predicted octanol–water partition coefficient (Wildman–Crippen LogP) is 3.00. The van der Waals surface area contributed by atoms with Gasteiger partial charge < -0.3 is 4.98 Å². The van der Waals surface area contributed by atoms with Crippen LogP contribution in [0.4, 0.5) is 0 Å². The SMILES string of the molecule is CN(CCC#N)Cc1nc2scc(-c3ccccc3)c2c(=O)[nH]1. The monoisotopic (exact) mass is 324 g/mol. The Morgan fingerprint density at radius 2 is 2.13 bits per heavy atom. The van der Waals surface area contributed by atoms with Crippen molar-refractivity contribution in [2.24, 2.45) is 0 Å². The molecule has 0 aliphatic rings. The lowest BCUT2D eigenvalue weighted by atomic mass is 10.1. The van der Waals surface area contributed by atoms with Gasteiger partial charge in [0.2, 0.25) is 0 Å². The summed E-state index contributed by atoms with van der Waals surface area (Å²) in [6.45, 7) is 1.17. The Labute approximate surface area is 137 Å². The second-order valence-corrected chi connectivity index (χ2v) is 6.21. The second kappa shape index (κ2) is 6.73. The molecule has 0 fully saturated rings. The van der Waals surface area contributed by atoms with E-state index in [0.29, 0.717) is 30.7 Å². The van der Waals surface area contributed by atoms with Crippen LogP contribution in [0, 0.1) is 11.3 Å². The van der Waals surface area contributed by atoms with Crippen LogP contribution >= 0.6 is 11.3 Å². The third-order valence-corrected chi connectivity index (χ3v) is 4.48. The first-order valence-corrected chi connectivity index (χ1v) is 8.18. The van der Waals surface area contributed by atoms with Gasteiger partial charge in [0.1, 0.15) is 10.7 Å². The fourth-order valence-electron chi connectivity index (χ4n) is 2.47. The van der Waals surface area contributed by atoms with E-state index in [0.717, 1.165) is 16.0 Å². The quantitative estimate of drug-likeness (QED) is 0.783. The van der Waals surface area contributed by atoms with Crippen molar-refractivity contribution in [2.45, 2.75) is 13.0 Å². The number of benzene rings is 1. The third kappa shape index (κ3) is 3.31. The van der Waals surface area contributed by atoms with Crippen molar-refractivity contribution < 1.29 is 0 Å². The highest BCUT2D eigenvalue weighted by Crippen LogP contribution is 2.30. The van der Waals surface area contributed by atoms with Gasteiger partial charge in [-0.1, -0.05) is 30.3 Å². The van der Waals surface area contributed by atoms with Crippen LogP contribution in [-0.2, 0) is 6.54 Å². The minimum absolute atomic E-state index is 0.112. The van der Waals surface area contributed by atoms with Crippen LogP contribution < -0.4 is 5.56 Å². The van der Waals surface area contributed by atoms with Gasteiger partial charge in [-0.2, -0.15) is 5.26 Å². The first-order chi connectivity index (χ1) is 11.2. The van der Waals surface area contributed by atoms with E-state index in [4.69, 9.17) is 5.26 Å². The third-order valence-electron chi connectivity index (χ3n) is 3.60. The minimum Gasteiger partial charge on any atom is -0.309 e. The fraction of sp³-hybridized carbons (Fsp3) is 0.235. The van der Waals surface area contributed by atoms with Gasteiger partial charge in [0, 0.05) is 23.9 Å². The summed E-state index contributed by atoms with van der Waals surface area (Å²) in [5.41, 5.74) is 1.83. The molecule has 6 heteroatoms. The van der Waals surface area contributed by atoms with Crippen molar-refractivity contribution in [3.63, 3.8) is 0 Å². The van der Waals surface area contributed by atoms with Crippen molar-refractivity contribution in [2.75, 3.05) is 13.6 Å². The zero-order valence-electron chi connectivity index (χ0n) is 12.7. The highest BCUT2D eigenvalue weighted by Gasteiger charge is 2.13. The molecule has 0 saturated carbocycles. The molecule has 3 aromatic rings. The maximum Gasteiger partial charge on any atom is 0.260 e. The van der Waals surface area contributed by atoms with Gasteiger partial charge in [-0.3, -0.25) is 9.69 Å². The lowest BCUT2D eigenvalue weighted by molar-refractivity contribution is 0.326. The smallest absolute Gasteiger partial charge is 0.260 e. The van der Waals surface area contributed by atoms with E-state index in [2.05, 4.69) is 16.0 Å². The molecule has 1 aromatic carbocycles. The molecule has 0 radical (unpaired) electrons. The molecule has 0 bridgehead atoms. The van der Waals surface area contributed by atoms with Crippen molar-refractivity contribution in [1.29, 1.82) is 5.26 Å². The lowest BCUT2D eigenvalue weighted by Gasteiger charge is -2.13. The van der Waals surface area contributed by atoms with Crippen LogP contribution in [0.25, 0.3) is 21.3 Å². The molecule has 116 valence electrons. The number of H-pyrrole nitrogens is 1. The van der Waals surface area contributed by atoms with E-state index in [1.807, 2.05) is 47.7 Å². The normalized spacial score (nSPS) is 11.0. The van der Waals surface area contributed by atoms with Crippen molar-refractivity contribution in [3.05, 3.63) is 51.9 Å². The Balaban J connectivity index is 1.96. The Morgan fingerprint density at radius 1 is 1.35 bits per heavy atom. The van der Waals surface area contributed by atoms with Gasteiger partial charge >= 0.3 is 0 Å². The zero-order valence-corrected chi connectivity index (χ0v) is 13.6. The Bertz CT molecular complexity index is 908. The van der Waals surface area contributed by atoms with E-state index in [-0.39, 0.29) is 5.56 Å². The molecule has 0 unspecified atom stereocenters. The summed E-state index contributed by atoms with van der Waals surface area (Å²) < 4.78 is 0. The highest BCUT2D eigenvalue weighted by molar-refractivity contribution is 7.17. The minimum atomic E-state index is -0.112. The zero-order chi connectivity index (χ0) is 16.2. The van der Waals surface area contributed by atoms with Crippen molar-refractivity contribution >= 4 is 21.6 Å². The van der Waals surface area contributed by atoms with E-state index >= 15 is 0 Å². The number of fused-ring (bicyclic) bond motifs is 1. The summed E-state index contributed by atoms with van der Waals surface area (Å²) in [6, 6.07) is 12.0. The molecule has 2 aromatic heterocycles. The van der Waals surface area contributed by atoms with Gasteiger partial charge in [-0.05, 0) is 12.6 Å². The number of aromatic nitrogens is 2. The van der Waals surface area contributed by atoms with E-state index in [9.17, 15) is 4.79 Å². The van der Waals surface area contributed by atoms with Gasteiger partial charge in [0.15, 0.2) is 0 Å². The Kier molecular flexibility index (Phi) is 4.51. The number of hydrogen-bond donors (Lipinski definition) is 1. The molecule has 3 rings (SSSR count). The molecular weight excluding hydrogens is 308 g/mol.